The lowest BCUT2D eigenvalue weighted by Gasteiger charge is -2.19. The molecule has 20 heavy (non-hydrogen) atoms. The van der Waals surface area contributed by atoms with Crippen molar-refractivity contribution in [3.8, 4) is 5.75 Å². The summed E-state index contributed by atoms with van der Waals surface area (Å²) in [6.07, 6.45) is -3.26. The summed E-state index contributed by atoms with van der Waals surface area (Å²) in [5.74, 6) is -0.863. The first-order valence-corrected chi connectivity index (χ1v) is 5.84. The first kappa shape index (κ1) is 15.9. The molecule has 0 heterocycles. The number of carbonyl (C=O) groups is 1. The Morgan fingerprint density at radius 3 is 2.60 bits per heavy atom. The van der Waals surface area contributed by atoms with E-state index in [4.69, 9.17) is 5.73 Å². The zero-order valence-electron chi connectivity index (χ0n) is 10.9. The number of alkyl halides is 3. The quantitative estimate of drug-likeness (QED) is 0.669. The molecule has 1 amide bonds. The van der Waals surface area contributed by atoms with Crippen LogP contribution in [-0.4, -0.2) is 30.3 Å². The molecule has 0 unspecified atom stereocenters. The summed E-state index contributed by atoms with van der Waals surface area (Å²) < 4.78 is 40.0. The van der Waals surface area contributed by atoms with Gasteiger partial charge in [0.1, 0.15) is 0 Å². The molecule has 0 atom stereocenters. The summed E-state index contributed by atoms with van der Waals surface area (Å²) in [4.78, 5) is 13.6. The van der Waals surface area contributed by atoms with Crippen LogP contribution >= 0.6 is 0 Å². The Kier molecular flexibility index (Phi) is 5.01. The number of amides is 1. The molecule has 7 heteroatoms. The molecule has 0 aromatic heterocycles. The van der Waals surface area contributed by atoms with Crippen LogP contribution < -0.4 is 10.5 Å². The van der Waals surface area contributed by atoms with E-state index in [1.165, 1.54) is 11.0 Å². The number of carbonyl (C=O) groups excluding carboxylic acids is 1. The van der Waals surface area contributed by atoms with Gasteiger partial charge in [-0.05, 0) is 25.1 Å². The van der Waals surface area contributed by atoms with Gasteiger partial charge in [0.15, 0.2) is 5.75 Å². The fraction of sp³-hybridized carbons (Fsp3) is 0.308. The predicted molar refractivity (Wildman–Crippen MR) is 69.3 cm³/mol. The van der Waals surface area contributed by atoms with Crippen LogP contribution in [-0.2, 0) is 0 Å². The van der Waals surface area contributed by atoms with Crippen molar-refractivity contribution in [3.63, 3.8) is 0 Å². The SMILES string of the molecule is C=CCN(CC)C(=O)c1ccc(OC(F)(F)F)c(N)c1. The van der Waals surface area contributed by atoms with Crippen LogP contribution in [0.1, 0.15) is 17.3 Å². The van der Waals surface area contributed by atoms with Crippen LogP contribution in [0, 0.1) is 0 Å². The van der Waals surface area contributed by atoms with Gasteiger partial charge < -0.3 is 15.4 Å². The highest BCUT2D eigenvalue weighted by Gasteiger charge is 2.32. The number of nitrogen functional groups attached to an aromatic ring is 1. The monoisotopic (exact) mass is 288 g/mol. The third-order valence-electron chi connectivity index (χ3n) is 2.50. The summed E-state index contributed by atoms with van der Waals surface area (Å²) in [5.41, 5.74) is 5.41. The molecule has 2 N–H and O–H groups in total. The maximum absolute atomic E-state index is 12.1. The van der Waals surface area contributed by atoms with Gasteiger partial charge in [-0.1, -0.05) is 6.08 Å². The maximum Gasteiger partial charge on any atom is 0.573 e. The van der Waals surface area contributed by atoms with Crippen LogP contribution in [0.3, 0.4) is 0 Å². The second-order valence-corrected chi connectivity index (χ2v) is 3.93. The van der Waals surface area contributed by atoms with Gasteiger partial charge >= 0.3 is 6.36 Å². The number of hydrogen-bond acceptors (Lipinski definition) is 3. The second-order valence-electron chi connectivity index (χ2n) is 3.93. The number of nitrogens with zero attached hydrogens (tertiary/aromatic N) is 1. The molecular formula is C13H15F3N2O2. The molecule has 4 nitrogen and oxygen atoms in total. The van der Waals surface area contributed by atoms with Gasteiger partial charge in [0, 0.05) is 18.7 Å². The first-order valence-electron chi connectivity index (χ1n) is 5.84. The van der Waals surface area contributed by atoms with Crippen LogP contribution in [0.5, 0.6) is 5.75 Å². The van der Waals surface area contributed by atoms with Gasteiger partial charge in [-0.25, -0.2) is 0 Å². The minimum atomic E-state index is -4.82. The lowest BCUT2D eigenvalue weighted by molar-refractivity contribution is -0.274. The summed E-state index contributed by atoms with van der Waals surface area (Å²) in [6.45, 7) is 6.11. The second kappa shape index (κ2) is 6.31. The van der Waals surface area contributed by atoms with Crippen molar-refractivity contribution >= 4 is 11.6 Å². The predicted octanol–water partition coefficient (Wildman–Crippen LogP) is 2.82. The van der Waals surface area contributed by atoms with Crippen molar-refractivity contribution in [2.24, 2.45) is 0 Å². The number of hydrogen-bond donors (Lipinski definition) is 1. The first-order chi connectivity index (χ1) is 9.28. The molecule has 0 bridgehead atoms. The zero-order valence-corrected chi connectivity index (χ0v) is 10.9. The van der Waals surface area contributed by atoms with Gasteiger partial charge in [-0.3, -0.25) is 4.79 Å². The van der Waals surface area contributed by atoms with E-state index >= 15 is 0 Å². The number of nitrogens with two attached hydrogens (primary N) is 1. The van der Waals surface area contributed by atoms with E-state index in [9.17, 15) is 18.0 Å². The fourth-order valence-corrected chi connectivity index (χ4v) is 1.59. The van der Waals surface area contributed by atoms with Crippen molar-refractivity contribution in [2.75, 3.05) is 18.8 Å². The van der Waals surface area contributed by atoms with E-state index in [-0.39, 0.29) is 17.2 Å². The molecule has 0 aliphatic rings. The highest BCUT2D eigenvalue weighted by atomic mass is 19.4. The number of anilines is 1. The number of ether oxygens (including phenoxy) is 1. The highest BCUT2D eigenvalue weighted by molar-refractivity contribution is 5.95. The zero-order chi connectivity index (χ0) is 15.3. The molecule has 0 fully saturated rings. The van der Waals surface area contributed by atoms with Gasteiger partial charge in [0.05, 0.1) is 5.69 Å². The molecule has 0 spiro atoms. The molecule has 0 radical (unpaired) electrons. The molecule has 0 aliphatic heterocycles. The Morgan fingerprint density at radius 2 is 2.15 bits per heavy atom. The average molecular weight is 288 g/mol. The highest BCUT2D eigenvalue weighted by Crippen LogP contribution is 2.29. The smallest absolute Gasteiger partial charge is 0.404 e. The van der Waals surface area contributed by atoms with Crippen LogP contribution in [0.4, 0.5) is 18.9 Å². The summed E-state index contributed by atoms with van der Waals surface area (Å²) >= 11 is 0. The summed E-state index contributed by atoms with van der Waals surface area (Å²) in [6, 6.07) is 3.43. The molecule has 110 valence electrons. The largest absolute Gasteiger partial charge is 0.573 e. The lowest BCUT2D eigenvalue weighted by atomic mass is 10.1. The van der Waals surface area contributed by atoms with E-state index in [1.807, 2.05) is 0 Å². The molecule has 1 rings (SSSR count). The van der Waals surface area contributed by atoms with Crippen LogP contribution in [0.15, 0.2) is 30.9 Å². The van der Waals surface area contributed by atoms with Gasteiger partial charge in [0.25, 0.3) is 5.91 Å². The molecule has 0 aliphatic carbocycles. The fourth-order valence-electron chi connectivity index (χ4n) is 1.59. The Morgan fingerprint density at radius 1 is 1.50 bits per heavy atom. The third kappa shape index (κ3) is 4.18. The van der Waals surface area contributed by atoms with Crippen LogP contribution in [0.25, 0.3) is 0 Å². The third-order valence-corrected chi connectivity index (χ3v) is 2.50. The molecule has 1 aromatic rings. The van der Waals surface area contributed by atoms with Crippen molar-refractivity contribution in [1.29, 1.82) is 0 Å². The molecule has 0 saturated carbocycles. The van der Waals surface area contributed by atoms with E-state index in [0.717, 1.165) is 12.1 Å². The van der Waals surface area contributed by atoms with E-state index in [2.05, 4.69) is 11.3 Å². The molecule has 1 aromatic carbocycles. The Bertz CT molecular complexity index is 501. The molecular weight excluding hydrogens is 273 g/mol. The summed E-state index contributed by atoms with van der Waals surface area (Å²) in [7, 11) is 0. The van der Waals surface area contributed by atoms with Crippen molar-refractivity contribution in [2.45, 2.75) is 13.3 Å². The van der Waals surface area contributed by atoms with Crippen molar-refractivity contribution in [3.05, 3.63) is 36.4 Å². The summed E-state index contributed by atoms with van der Waals surface area (Å²) in [5, 5.41) is 0. The van der Waals surface area contributed by atoms with Gasteiger partial charge in [0.2, 0.25) is 0 Å². The Labute approximate surface area is 114 Å². The number of benzene rings is 1. The maximum atomic E-state index is 12.1. The minimum absolute atomic E-state index is 0.195. The van der Waals surface area contributed by atoms with Crippen molar-refractivity contribution < 1.29 is 22.7 Å². The van der Waals surface area contributed by atoms with E-state index in [1.54, 1.807) is 13.0 Å². The standard InChI is InChI=1S/C13H15F3N2O2/c1-3-7-18(4-2)12(19)9-5-6-11(10(17)8-9)20-13(14,15)16/h3,5-6,8H,1,4,7,17H2,2H3. The van der Waals surface area contributed by atoms with E-state index < -0.39 is 12.1 Å². The van der Waals surface area contributed by atoms with Crippen molar-refractivity contribution in [1.82, 2.24) is 4.90 Å². The topological polar surface area (TPSA) is 55.6 Å². The number of rotatable bonds is 5. The van der Waals surface area contributed by atoms with E-state index in [0.29, 0.717) is 13.1 Å². The lowest BCUT2D eigenvalue weighted by Crippen LogP contribution is -2.31. The van der Waals surface area contributed by atoms with Crippen LogP contribution in [0.2, 0.25) is 0 Å². The Hall–Kier alpha value is -2.18. The normalized spacial score (nSPS) is 11.0. The average Bonchev–Trinajstić information content (AvgIpc) is 2.36. The van der Waals surface area contributed by atoms with Gasteiger partial charge in [-0.15, -0.1) is 19.8 Å². The Balaban J connectivity index is 2.96. The van der Waals surface area contributed by atoms with Gasteiger partial charge in [-0.2, -0.15) is 0 Å². The minimum Gasteiger partial charge on any atom is -0.404 e. The number of likely N-dealkylation sites (N-methyl/N-ethyl adjacent to an activating group) is 1. The molecule has 0 saturated heterocycles. The number of halogens is 3.